The van der Waals surface area contributed by atoms with Crippen LogP contribution in [-0.4, -0.2) is 59.4 Å². The molecule has 1 aromatic rings. The number of carbonyl (C=O) groups excluding carboxylic acids is 1. The first-order chi connectivity index (χ1) is 11.0. The Morgan fingerprint density at radius 1 is 1.39 bits per heavy atom. The molecule has 23 heavy (non-hydrogen) atoms. The predicted molar refractivity (Wildman–Crippen MR) is 87.5 cm³/mol. The molecule has 1 aliphatic heterocycles. The molecule has 0 spiro atoms. The van der Waals surface area contributed by atoms with Gasteiger partial charge in [-0.25, -0.2) is 9.97 Å². The average Bonchev–Trinajstić information content (AvgIpc) is 2.59. The quantitative estimate of drug-likeness (QED) is 0.807. The van der Waals surface area contributed by atoms with Crippen LogP contribution < -0.4 is 10.2 Å². The van der Waals surface area contributed by atoms with Gasteiger partial charge in [0.15, 0.2) is 0 Å². The number of nitrogens with zero attached hydrogens (tertiary/aromatic N) is 3. The van der Waals surface area contributed by atoms with Crippen LogP contribution >= 0.6 is 0 Å². The van der Waals surface area contributed by atoms with Crippen molar-refractivity contribution in [3.05, 3.63) is 18.1 Å². The second kappa shape index (κ2) is 8.21. The standard InChI is InChI=1S/C16H26N4O3/c1-4-12(15(21)11(2)3)19-16(22)13-9-14(18-10-17-13)20-5-7-23-8-6-20/h9-12,15,21H,4-8H2,1-3H3,(H,19,22). The van der Waals surface area contributed by atoms with E-state index in [0.717, 1.165) is 18.9 Å². The SMILES string of the molecule is CCC(NC(=O)c1cc(N2CCOCC2)ncn1)C(O)C(C)C. The first-order valence-corrected chi connectivity index (χ1v) is 8.16. The zero-order valence-corrected chi connectivity index (χ0v) is 14.0. The van der Waals surface area contributed by atoms with Gasteiger partial charge in [0.25, 0.3) is 5.91 Å². The number of aromatic nitrogens is 2. The summed E-state index contributed by atoms with van der Waals surface area (Å²) >= 11 is 0. The molecule has 1 aliphatic rings. The van der Waals surface area contributed by atoms with Crippen LogP contribution in [0.1, 0.15) is 37.7 Å². The van der Waals surface area contributed by atoms with Gasteiger partial charge in [-0.15, -0.1) is 0 Å². The molecule has 2 unspecified atom stereocenters. The van der Waals surface area contributed by atoms with Crippen molar-refractivity contribution < 1.29 is 14.6 Å². The van der Waals surface area contributed by atoms with Crippen molar-refractivity contribution >= 4 is 11.7 Å². The molecule has 2 N–H and O–H groups in total. The van der Waals surface area contributed by atoms with E-state index in [1.165, 1.54) is 6.33 Å². The molecule has 1 aromatic heterocycles. The van der Waals surface area contributed by atoms with E-state index in [2.05, 4.69) is 20.2 Å². The number of rotatable bonds is 6. The fraction of sp³-hybridized carbons (Fsp3) is 0.688. The molecule has 7 nitrogen and oxygen atoms in total. The van der Waals surface area contributed by atoms with Crippen LogP contribution in [0.15, 0.2) is 12.4 Å². The molecule has 128 valence electrons. The predicted octanol–water partition coefficient (Wildman–Crippen LogP) is 0.838. The van der Waals surface area contributed by atoms with Crippen molar-refractivity contribution in [2.75, 3.05) is 31.2 Å². The molecule has 1 saturated heterocycles. The van der Waals surface area contributed by atoms with E-state index in [-0.39, 0.29) is 17.9 Å². The van der Waals surface area contributed by atoms with E-state index in [0.29, 0.717) is 25.3 Å². The molecule has 0 saturated carbocycles. The highest BCUT2D eigenvalue weighted by Gasteiger charge is 2.24. The number of aliphatic hydroxyl groups is 1. The van der Waals surface area contributed by atoms with Gasteiger partial charge in [0, 0.05) is 19.2 Å². The third-order valence-corrected chi connectivity index (χ3v) is 4.07. The number of hydrogen-bond acceptors (Lipinski definition) is 6. The van der Waals surface area contributed by atoms with Crippen LogP contribution in [0.5, 0.6) is 0 Å². The van der Waals surface area contributed by atoms with Crippen molar-refractivity contribution in [3.63, 3.8) is 0 Å². The summed E-state index contributed by atoms with van der Waals surface area (Å²) in [5.74, 6) is 0.522. The van der Waals surface area contributed by atoms with Crippen molar-refractivity contribution in [3.8, 4) is 0 Å². The lowest BCUT2D eigenvalue weighted by Gasteiger charge is -2.28. The highest BCUT2D eigenvalue weighted by atomic mass is 16.5. The Morgan fingerprint density at radius 3 is 2.70 bits per heavy atom. The average molecular weight is 322 g/mol. The Labute approximate surface area is 137 Å². The van der Waals surface area contributed by atoms with Gasteiger partial charge in [-0.1, -0.05) is 20.8 Å². The smallest absolute Gasteiger partial charge is 0.270 e. The summed E-state index contributed by atoms with van der Waals surface area (Å²) in [6.07, 6.45) is 1.48. The topological polar surface area (TPSA) is 87.6 Å². The molecule has 0 aromatic carbocycles. The Kier molecular flexibility index (Phi) is 6.29. The second-order valence-corrected chi connectivity index (χ2v) is 6.08. The van der Waals surface area contributed by atoms with Crippen LogP contribution in [0.4, 0.5) is 5.82 Å². The number of carbonyl (C=O) groups is 1. The Morgan fingerprint density at radius 2 is 2.09 bits per heavy atom. The summed E-state index contributed by atoms with van der Waals surface area (Å²) in [6.45, 7) is 8.62. The molecule has 2 atom stereocenters. The minimum absolute atomic E-state index is 0.0783. The summed E-state index contributed by atoms with van der Waals surface area (Å²) in [4.78, 5) is 22.8. The maximum atomic E-state index is 12.4. The van der Waals surface area contributed by atoms with E-state index in [9.17, 15) is 9.90 Å². The number of aliphatic hydroxyl groups excluding tert-OH is 1. The van der Waals surface area contributed by atoms with E-state index >= 15 is 0 Å². The molecule has 0 radical (unpaired) electrons. The van der Waals surface area contributed by atoms with Crippen LogP contribution in [0.2, 0.25) is 0 Å². The Bertz CT molecular complexity index is 518. The largest absolute Gasteiger partial charge is 0.391 e. The first-order valence-electron chi connectivity index (χ1n) is 8.16. The van der Waals surface area contributed by atoms with Crippen molar-refractivity contribution in [2.45, 2.75) is 39.3 Å². The number of hydrogen-bond donors (Lipinski definition) is 2. The molecular formula is C16H26N4O3. The second-order valence-electron chi connectivity index (χ2n) is 6.08. The maximum Gasteiger partial charge on any atom is 0.270 e. The third kappa shape index (κ3) is 4.62. The molecule has 0 bridgehead atoms. The lowest BCUT2D eigenvalue weighted by atomic mass is 9.97. The molecular weight excluding hydrogens is 296 g/mol. The number of nitrogens with one attached hydrogen (secondary N) is 1. The number of ether oxygens (including phenoxy) is 1. The lowest BCUT2D eigenvalue weighted by Crippen LogP contribution is -2.45. The summed E-state index contributed by atoms with van der Waals surface area (Å²) in [5, 5.41) is 13.0. The highest BCUT2D eigenvalue weighted by molar-refractivity contribution is 5.93. The van der Waals surface area contributed by atoms with E-state index < -0.39 is 6.10 Å². The van der Waals surface area contributed by atoms with Crippen molar-refractivity contribution in [1.82, 2.24) is 15.3 Å². The third-order valence-electron chi connectivity index (χ3n) is 4.07. The summed E-state index contributed by atoms with van der Waals surface area (Å²) in [5.41, 5.74) is 0.316. The molecule has 2 rings (SSSR count). The number of morpholine rings is 1. The van der Waals surface area contributed by atoms with E-state index in [1.54, 1.807) is 6.07 Å². The summed E-state index contributed by atoms with van der Waals surface area (Å²) in [6, 6.07) is 1.40. The van der Waals surface area contributed by atoms with Gasteiger partial charge in [-0.05, 0) is 12.3 Å². The minimum Gasteiger partial charge on any atom is -0.391 e. The Hall–Kier alpha value is -1.73. The lowest BCUT2D eigenvalue weighted by molar-refractivity contribution is 0.0675. The van der Waals surface area contributed by atoms with Gasteiger partial charge in [0.05, 0.1) is 25.4 Å². The molecule has 1 amide bonds. The fourth-order valence-electron chi connectivity index (χ4n) is 2.57. The van der Waals surface area contributed by atoms with Gasteiger partial charge in [0.2, 0.25) is 0 Å². The van der Waals surface area contributed by atoms with Gasteiger partial charge in [0.1, 0.15) is 17.8 Å². The van der Waals surface area contributed by atoms with Crippen LogP contribution in [0, 0.1) is 5.92 Å². The van der Waals surface area contributed by atoms with Gasteiger partial charge in [-0.2, -0.15) is 0 Å². The van der Waals surface area contributed by atoms with Crippen molar-refractivity contribution in [2.24, 2.45) is 5.92 Å². The Balaban J connectivity index is 2.06. The van der Waals surface area contributed by atoms with Crippen LogP contribution in [0.3, 0.4) is 0 Å². The van der Waals surface area contributed by atoms with Gasteiger partial charge < -0.3 is 20.1 Å². The monoisotopic (exact) mass is 322 g/mol. The molecule has 2 heterocycles. The fourth-order valence-corrected chi connectivity index (χ4v) is 2.57. The maximum absolute atomic E-state index is 12.4. The summed E-state index contributed by atoms with van der Waals surface area (Å²) in [7, 11) is 0. The first kappa shape index (κ1) is 17.6. The highest BCUT2D eigenvalue weighted by Crippen LogP contribution is 2.14. The molecule has 1 fully saturated rings. The zero-order valence-electron chi connectivity index (χ0n) is 14.0. The number of anilines is 1. The van der Waals surface area contributed by atoms with Crippen LogP contribution in [-0.2, 0) is 4.74 Å². The zero-order chi connectivity index (χ0) is 16.8. The van der Waals surface area contributed by atoms with E-state index in [4.69, 9.17) is 4.74 Å². The van der Waals surface area contributed by atoms with Gasteiger partial charge >= 0.3 is 0 Å². The van der Waals surface area contributed by atoms with E-state index in [1.807, 2.05) is 20.8 Å². The minimum atomic E-state index is -0.579. The van der Waals surface area contributed by atoms with Crippen LogP contribution in [0.25, 0.3) is 0 Å². The van der Waals surface area contributed by atoms with Gasteiger partial charge in [-0.3, -0.25) is 4.79 Å². The normalized spacial score (nSPS) is 17.9. The molecule has 0 aliphatic carbocycles. The van der Waals surface area contributed by atoms with Crippen molar-refractivity contribution in [1.29, 1.82) is 0 Å². The number of amides is 1. The summed E-state index contributed by atoms with van der Waals surface area (Å²) < 4.78 is 5.32. The molecule has 7 heteroatoms.